The first-order valence-electron chi connectivity index (χ1n) is 5.33. The molecule has 2 aliphatic rings. The van der Waals surface area contributed by atoms with Gasteiger partial charge < -0.3 is 10.1 Å². The summed E-state index contributed by atoms with van der Waals surface area (Å²) >= 11 is 0. The van der Waals surface area contributed by atoms with E-state index in [2.05, 4.69) is 5.32 Å². The SMILES string of the molecule is COC(=O)[C@@]12CC[C@H](CC(=O)N1)C2(C)C. The fourth-order valence-corrected chi connectivity index (χ4v) is 3.11. The van der Waals surface area contributed by atoms with Gasteiger partial charge in [0.2, 0.25) is 5.91 Å². The predicted molar refractivity (Wildman–Crippen MR) is 54.0 cm³/mol. The van der Waals surface area contributed by atoms with Gasteiger partial charge in [-0.25, -0.2) is 4.79 Å². The molecule has 2 rings (SSSR count). The lowest BCUT2D eigenvalue weighted by Gasteiger charge is -2.45. The highest BCUT2D eigenvalue weighted by atomic mass is 16.5. The lowest BCUT2D eigenvalue weighted by atomic mass is 9.67. The van der Waals surface area contributed by atoms with Crippen LogP contribution in [0.2, 0.25) is 0 Å². The minimum atomic E-state index is -0.790. The van der Waals surface area contributed by atoms with Gasteiger partial charge in [-0.1, -0.05) is 13.8 Å². The van der Waals surface area contributed by atoms with E-state index in [0.29, 0.717) is 18.8 Å². The number of piperidine rings is 1. The van der Waals surface area contributed by atoms with Crippen LogP contribution in [0.4, 0.5) is 0 Å². The van der Waals surface area contributed by atoms with Gasteiger partial charge in [-0.3, -0.25) is 4.79 Å². The largest absolute Gasteiger partial charge is 0.467 e. The first-order valence-corrected chi connectivity index (χ1v) is 5.33. The van der Waals surface area contributed by atoms with Gasteiger partial charge >= 0.3 is 5.97 Å². The maximum absolute atomic E-state index is 11.9. The van der Waals surface area contributed by atoms with Crippen LogP contribution in [-0.4, -0.2) is 24.5 Å². The quantitative estimate of drug-likeness (QED) is 0.654. The van der Waals surface area contributed by atoms with Crippen LogP contribution < -0.4 is 5.32 Å². The summed E-state index contributed by atoms with van der Waals surface area (Å²) in [6, 6.07) is 0. The summed E-state index contributed by atoms with van der Waals surface area (Å²) in [5, 5.41) is 2.85. The molecule has 0 aromatic heterocycles. The predicted octanol–water partition coefficient (Wildman–Crippen LogP) is 0.854. The second-order valence-electron chi connectivity index (χ2n) is 5.11. The number of ether oxygens (including phenoxy) is 1. The number of esters is 1. The fourth-order valence-electron chi connectivity index (χ4n) is 3.11. The molecule has 84 valence electrons. The molecule has 4 nitrogen and oxygen atoms in total. The van der Waals surface area contributed by atoms with Crippen molar-refractivity contribution in [3.63, 3.8) is 0 Å². The van der Waals surface area contributed by atoms with Crippen molar-refractivity contribution in [2.45, 2.75) is 38.6 Å². The molecule has 1 N–H and O–H groups in total. The molecular formula is C11H17NO3. The second-order valence-corrected chi connectivity index (χ2v) is 5.11. The third kappa shape index (κ3) is 1.13. The van der Waals surface area contributed by atoms with E-state index in [4.69, 9.17) is 4.74 Å². The van der Waals surface area contributed by atoms with Crippen LogP contribution in [0.15, 0.2) is 0 Å². The zero-order valence-corrected chi connectivity index (χ0v) is 9.42. The summed E-state index contributed by atoms with van der Waals surface area (Å²) in [4.78, 5) is 23.4. The van der Waals surface area contributed by atoms with Crippen LogP contribution in [-0.2, 0) is 14.3 Å². The summed E-state index contributed by atoms with van der Waals surface area (Å²) in [7, 11) is 1.38. The molecule has 0 aromatic carbocycles. The Kier molecular flexibility index (Phi) is 2.07. The average molecular weight is 211 g/mol. The first-order chi connectivity index (χ1) is 6.94. The van der Waals surface area contributed by atoms with Gasteiger partial charge in [0.25, 0.3) is 0 Å². The summed E-state index contributed by atoms with van der Waals surface area (Å²) in [6.45, 7) is 4.09. The number of fused-ring (bicyclic) bond motifs is 2. The molecule has 0 spiro atoms. The topological polar surface area (TPSA) is 55.4 Å². The zero-order chi connectivity index (χ0) is 11.3. The number of nitrogens with one attached hydrogen (secondary N) is 1. The van der Waals surface area contributed by atoms with Gasteiger partial charge in [0, 0.05) is 11.8 Å². The van der Waals surface area contributed by atoms with Crippen LogP contribution in [0.3, 0.4) is 0 Å². The Labute approximate surface area is 89.4 Å². The molecule has 1 aliphatic heterocycles. The van der Waals surface area contributed by atoms with E-state index < -0.39 is 5.54 Å². The smallest absolute Gasteiger partial charge is 0.332 e. The number of carbonyl (C=O) groups is 2. The maximum Gasteiger partial charge on any atom is 0.332 e. The normalized spacial score (nSPS) is 37.3. The molecule has 2 fully saturated rings. The molecule has 1 saturated heterocycles. The van der Waals surface area contributed by atoms with Crippen molar-refractivity contribution >= 4 is 11.9 Å². The Morgan fingerprint density at radius 1 is 1.53 bits per heavy atom. The molecule has 1 amide bonds. The standard InChI is InChI=1S/C11H17NO3/c1-10(2)7-4-5-11(10,9(14)15-3)12-8(13)6-7/h7H,4-6H2,1-3H3,(H,12,13)/t7-,11-/m1/s1. The van der Waals surface area contributed by atoms with Gasteiger partial charge in [-0.2, -0.15) is 0 Å². The van der Waals surface area contributed by atoms with Crippen LogP contribution >= 0.6 is 0 Å². The Morgan fingerprint density at radius 2 is 2.20 bits per heavy atom. The maximum atomic E-state index is 11.9. The van der Waals surface area contributed by atoms with E-state index in [-0.39, 0.29) is 17.3 Å². The van der Waals surface area contributed by atoms with Crippen LogP contribution in [0.25, 0.3) is 0 Å². The molecule has 0 radical (unpaired) electrons. The van der Waals surface area contributed by atoms with Gasteiger partial charge in [-0.15, -0.1) is 0 Å². The van der Waals surface area contributed by atoms with E-state index in [1.54, 1.807) is 0 Å². The molecular weight excluding hydrogens is 194 g/mol. The molecule has 4 heteroatoms. The van der Waals surface area contributed by atoms with E-state index >= 15 is 0 Å². The van der Waals surface area contributed by atoms with Crippen LogP contribution in [0, 0.1) is 11.3 Å². The van der Waals surface area contributed by atoms with Crippen molar-refractivity contribution in [2.24, 2.45) is 11.3 Å². The Balaban J connectivity index is 2.43. The highest BCUT2D eigenvalue weighted by molar-refractivity contribution is 5.91. The van der Waals surface area contributed by atoms with Crippen molar-refractivity contribution in [1.82, 2.24) is 5.32 Å². The van der Waals surface area contributed by atoms with Crippen molar-refractivity contribution in [3.8, 4) is 0 Å². The number of rotatable bonds is 1. The summed E-state index contributed by atoms with van der Waals surface area (Å²) in [6.07, 6.45) is 2.15. The highest BCUT2D eigenvalue weighted by Gasteiger charge is 2.63. The number of methoxy groups -OCH3 is 1. The van der Waals surface area contributed by atoms with Gasteiger partial charge in [-0.05, 0) is 18.8 Å². The Morgan fingerprint density at radius 3 is 2.80 bits per heavy atom. The average Bonchev–Trinajstić information content (AvgIpc) is 2.39. The molecule has 1 aliphatic carbocycles. The third-order valence-corrected chi connectivity index (χ3v) is 4.31. The van der Waals surface area contributed by atoms with Crippen LogP contribution in [0.5, 0.6) is 0 Å². The zero-order valence-electron chi connectivity index (χ0n) is 9.42. The lowest BCUT2D eigenvalue weighted by molar-refractivity contribution is -0.159. The van der Waals surface area contributed by atoms with Crippen molar-refractivity contribution in [3.05, 3.63) is 0 Å². The monoisotopic (exact) mass is 211 g/mol. The van der Waals surface area contributed by atoms with E-state index in [1.807, 2.05) is 13.8 Å². The molecule has 0 aromatic rings. The fraction of sp³-hybridized carbons (Fsp3) is 0.818. The molecule has 1 saturated carbocycles. The molecule has 2 atom stereocenters. The Hall–Kier alpha value is -1.06. The number of carbonyl (C=O) groups excluding carboxylic acids is 2. The van der Waals surface area contributed by atoms with Crippen molar-refractivity contribution < 1.29 is 14.3 Å². The van der Waals surface area contributed by atoms with Crippen molar-refractivity contribution in [2.75, 3.05) is 7.11 Å². The second kappa shape index (κ2) is 2.97. The summed E-state index contributed by atoms with van der Waals surface area (Å²) in [5.74, 6) is -0.0318. The van der Waals surface area contributed by atoms with E-state index in [9.17, 15) is 9.59 Å². The lowest BCUT2D eigenvalue weighted by Crippen LogP contribution is -2.65. The molecule has 15 heavy (non-hydrogen) atoms. The molecule has 1 heterocycles. The molecule has 2 bridgehead atoms. The van der Waals surface area contributed by atoms with Gasteiger partial charge in [0.15, 0.2) is 0 Å². The summed E-state index contributed by atoms with van der Waals surface area (Å²) < 4.78 is 4.84. The van der Waals surface area contributed by atoms with Gasteiger partial charge in [0.1, 0.15) is 5.54 Å². The number of hydrogen-bond donors (Lipinski definition) is 1. The van der Waals surface area contributed by atoms with E-state index in [1.165, 1.54) is 7.11 Å². The first kappa shape index (κ1) is 10.5. The minimum Gasteiger partial charge on any atom is -0.467 e. The van der Waals surface area contributed by atoms with Crippen molar-refractivity contribution in [1.29, 1.82) is 0 Å². The summed E-state index contributed by atoms with van der Waals surface area (Å²) in [5.41, 5.74) is -0.990. The Bertz CT molecular complexity index is 324. The number of amides is 1. The minimum absolute atomic E-state index is 0.0257. The van der Waals surface area contributed by atoms with Crippen LogP contribution in [0.1, 0.15) is 33.1 Å². The number of hydrogen-bond acceptors (Lipinski definition) is 3. The van der Waals surface area contributed by atoms with Gasteiger partial charge in [0.05, 0.1) is 7.11 Å². The molecule has 0 unspecified atom stereocenters. The van der Waals surface area contributed by atoms with E-state index in [0.717, 1.165) is 6.42 Å². The highest BCUT2D eigenvalue weighted by Crippen LogP contribution is 2.54. The third-order valence-electron chi connectivity index (χ3n) is 4.31.